The number of benzene rings is 2. The fraction of sp³-hybridized carbons (Fsp3) is 0.278. The Kier molecular flexibility index (Phi) is 15.7. The van der Waals surface area contributed by atoms with Crippen LogP contribution in [0.3, 0.4) is 0 Å². The van der Waals surface area contributed by atoms with Gasteiger partial charge in [-0.1, -0.05) is 64.8 Å². The maximum atomic E-state index is 5.52. The Morgan fingerprint density at radius 2 is 1.07 bits per heavy atom. The van der Waals surface area contributed by atoms with Gasteiger partial charge in [-0.25, -0.2) is 0 Å². The second-order valence-electron chi connectivity index (χ2n) is 10.1. The molecule has 4 aromatic carbocycles. The quantitative estimate of drug-likeness (QED) is 0.117. The first-order valence-electron chi connectivity index (χ1n) is 14.6. The normalized spacial score (nSPS) is 10.2. The average Bonchev–Trinajstić information content (AvgIpc) is 3.82. The molecule has 2 aromatic heterocycles. The third-order valence-electron chi connectivity index (χ3n) is 6.83. The summed E-state index contributed by atoms with van der Waals surface area (Å²) in [5, 5.41) is 5.24. The van der Waals surface area contributed by atoms with Crippen LogP contribution in [0.4, 0.5) is 0 Å². The van der Waals surface area contributed by atoms with Crippen molar-refractivity contribution in [2.24, 2.45) is 0 Å². The van der Waals surface area contributed by atoms with Crippen LogP contribution in [0, 0.1) is 0 Å². The summed E-state index contributed by atoms with van der Waals surface area (Å²) in [5.74, 6) is 1.90. The van der Waals surface area contributed by atoms with Crippen molar-refractivity contribution in [1.29, 1.82) is 0 Å². The third kappa shape index (κ3) is 9.98. The van der Waals surface area contributed by atoms with Crippen molar-refractivity contribution in [3.8, 4) is 22.6 Å². The summed E-state index contributed by atoms with van der Waals surface area (Å²) >= 11 is -0.826. The number of fused-ring (bicyclic) bond motifs is 2. The minimum absolute atomic E-state index is 0.826. The van der Waals surface area contributed by atoms with Gasteiger partial charge >= 0.3 is 37.9 Å². The summed E-state index contributed by atoms with van der Waals surface area (Å²) < 4.78 is 11.0. The van der Waals surface area contributed by atoms with Crippen molar-refractivity contribution in [3.05, 3.63) is 109 Å². The van der Waals surface area contributed by atoms with Crippen LogP contribution in [0.1, 0.15) is 50.7 Å². The van der Waals surface area contributed by atoms with Gasteiger partial charge in [0.15, 0.2) is 0 Å². The van der Waals surface area contributed by atoms with E-state index in [1.54, 1.807) is 12.5 Å². The van der Waals surface area contributed by atoms with Gasteiger partial charge in [-0.3, -0.25) is 0 Å². The van der Waals surface area contributed by atoms with Gasteiger partial charge in [0.1, 0.15) is 11.5 Å². The first-order chi connectivity index (χ1) is 20.6. The number of aryl methyl sites for hydroxylation is 2. The van der Waals surface area contributed by atoms with E-state index in [1.807, 2.05) is 24.3 Å². The van der Waals surface area contributed by atoms with Gasteiger partial charge in [0, 0.05) is 9.52 Å². The number of hydrogen-bond donors (Lipinski definition) is 0. The summed E-state index contributed by atoms with van der Waals surface area (Å²) in [5.41, 5.74) is 5.26. The fourth-order valence-electron chi connectivity index (χ4n) is 4.94. The van der Waals surface area contributed by atoms with Crippen molar-refractivity contribution in [2.45, 2.75) is 65.5 Å². The molecule has 0 aliphatic carbocycles. The van der Waals surface area contributed by atoms with Gasteiger partial charge in [-0.2, -0.15) is 12.1 Å². The predicted octanol–water partition coefficient (Wildman–Crippen LogP) is 12.5. The number of furan rings is 2. The Morgan fingerprint density at radius 1 is 0.667 bits per heavy atom. The zero-order valence-electron chi connectivity index (χ0n) is 25.1. The first kappa shape index (κ1) is 34.4. The summed E-state index contributed by atoms with van der Waals surface area (Å²) in [4.78, 5) is 0. The summed E-state index contributed by atoms with van der Waals surface area (Å²) in [6.07, 6.45) is 10.8. The van der Waals surface area contributed by atoms with Crippen LogP contribution >= 0.6 is 17.0 Å². The molecule has 6 rings (SSSR count). The van der Waals surface area contributed by atoms with Crippen molar-refractivity contribution in [1.82, 2.24) is 0 Å². The van der Waals surface area contributed by atoms with Crippen molar-refractivity contribution in [2.75, 3.05) is 0 Å². The molecule has 2 radical (unpaired) electrons. The Balaban J connectivity index is 0.000000195. The second-order valence-corrected chi connectivity index (χ2v) is 14.8. The number of unbranched alkanes of at least 4 members (excludes halogenated alkanes) is 2. The molecule has 0 amide bonds. The molecule has 2 nitrogen and oxygen atoms in total. The van der Waals surface area contributed by atoms with E-state index in [9.17, 15) is 0 Å². The van der Waals surface area contributed by atoms with E-state index in [2.05, 4.69) is 87.6 Å². The fourth-order valence-corrected chi connectivity index (χ4v) is 4.94. The monoisotopic (exact) mass is 692 g/mol. The molecule has 0 saturated carbocycles. The topological polar surface area (TPSA) is 26.3 Å². The maximum absolute atomic E-state index is 5.52. The standard InChI is InChI=1S/2C17H17O.C2H6Si.2ClH.Zr/c2*1-2-3-6-13-11-14-7-4-8-15(16(14)12-13)17-9-5-10-18-17;1-3-2;;;/h2*4-5,7-12H,2-3,6H2,1H3;1-2H3;2*1H;/q2*-1;;;;+4/p-2. The molecule has 0 spiro atoms. The van der Waals surface area contributed by atoms with Crippen molar-refractivity contribution in [3.63, 3.8) is 0 Å². The van der Waals surface area contributed by atoms with E-state index >= 15 is 0 Å². The molecule has 0 bridgehead atoms. The van der Waals surface area contributed by atoms with Crippen LogP contribution in [0.2, 0.25) is 13.1 Å². The molecule has 0 atom stereocenters. The second kappa shape index (κ2) is 19.2. The van der Waals surface area contributed by atoms with Crippen LogP contribution in [-0.4, -0.2) is 9.52 Å². The zero-order valence-corrected chi connectivity index (χ0v) is 30.0. The SMILES string of the molecule is CCCCc1cc2c(-c3ccco3)cccc2[cH-]1.CCCCc1cc2c(-c3ccco3)cccc2[cH-]1.C[Si]C.[Cl][Zr+2][Cl]. The van der Waals surface area contributed by atoms with E-state index in [1.165, 1.54) is 82.3 Å². The molecule has 42 heavy (non-hydrogen) atoms. The summed E-state index contributed by atoms with van der Waals surface area (Å²) in [6.45, 7) is 8.77. The van der Waals surface area contributed by atoms with Gasteiger partial charge in [-0.05, 0) is 48.2 Å². The van der Waals surface area contributed by atoms with Crippen molar-refractivity contribution >= 4 is 48.1 Å². The molecule has 0 aliphatic rings. The summed E-state index contributed by atoms with van der Waals surface area (Å²) in [7, 11) is 11.0. The predicted molar refractivity (Wildman–Crippen MR) is 181 cm³/mol. The Hall–Kier alpha value is -2.10. The third-order valence-corrected chi connectivity index (χ3v) is 6.83. The molecule has 0 unspecified atom stereocenters. The molecule has 0 saturated heterocycles. The van der Waals surface area contributed by atoms with Crippen LogP contribution in [-0.2, 0) is 33.7 Å². The Bertz CT molecular complexity index is 1430. The average molecular weight is 695 g/mol. The van der Waals surface area contributed by atoms with Crippen LogP contribution in [0.15, 0.2) is 106 Å². The van der Waals surface area contributed by atoms with Gasteiger partial charge in [0.25, 0.3) is 0 Å². The molecule has 0 N–H and O–H groups in total. The van der Waals surface area contributed by atoms with Gasteiger partial charge < -0.3 is 8.83 Å². The number of rotatable bonds is 8. The van der Waals surface area contributed by atoms with E-state index in [0.29, 0.717) is 0 Å². The summed E-state index contributed by atoms with van der Waals surface area (Å²) in [6, 6.07) is 30.0. The molecule has 0 fully saturated rings. The van der Waals surface area contributed by atoms with Crippen LogP contribution in [0.25, 0.3) is 44.2 Å². The van der Waals surface area contributed by atoms with Crippen molar-refractivity contribution < 1.29 is 29.7 Å². The molecule has 6 aromatic rings. The molecule has 218 valence electrons. The van der Waals surface area contributed by atoms with E-state index in [0.717, 1.165) is 21.0 Å². The van der Waals surface area contributed by atoms with Gasteiger partial charge in [0.05, 0.1) is 12.5 Å². The number of hydrogen-bond acceptors (Lipinski definition) is 2. The Labute approximate surface area is 272 Å². The first-order valence-corrected chi connectivity index (χ1v) is 22.9. The van der Waals surface area contributed by atoms with Crippen LogP contribution in [0.5, 0.6) is 0 Å². The van der Waals surface area contributed by atoms with Crippen LogP contribution < -0.4 is 0 Å². The molecular weight excluding hydrogens is 655 g/mol. The Morgan fingerprint density at radius 3 is 1.40 bits per heavy atom. The van der Waals surface area contributed by atoms with Gasteiger partial charge in [-0.15, -0.1) is 69.1 Å². The number of halogens is 2. The zero-order chi connectivity index (χ0) is 30.2. The minimum atomic E-state index is -0.826. The molecule has 6 heteroatoms. The van der Waals surface area contributed by atoms with Gasteiger partial charge in [0.2, 0.25) is 0 Å². The van der Waals surface area contributed by atoms with E-state index in [4.69, 9.17) is 25.9 Å². The van der Waals surface area contributed by atoms with E-state index < -0.39 is 20.8 Å². The molecule has 0 aliphatic heterocycles. The molecular formula is C36H40Cl2O2SiZr. The van der Waals surface area contributed by atoms with E-state index in [-0.39, 0.29) is 0 Å². The molecule has 2 heterocycles.